The van der Waals surface area contributed by atoms with E-state index in [0.717, 1.165) is 25.9 Å². The van der Waals surface area contributed by atoms with E-state index in [9.17, 15) is 4.39 Å². The van der Waals surface area contributed by atoms with Crippen LogP contribution < -0.4 is 5.73 Å². The fourth-order valence-electron chi connectivity index (χ4n) is 2.79. The predicted molar refractivity (Wildman–Crippen MR) is 64.0 cm³/mol. The Hall–Kier alpha value is -1.13. The largest absolute Gasteiger partial charge is 0.396 e. The van der Waals surface area contributed by atoms with E-state index < -0.39 is 0 Å². The molecule has 2 unspecified atom stereocenters. The molecule has 92 valence electrons. The van der Waals surface area contributed by atoms with Crippen LogP contribution in [0.4, 0.5) is 10.1 Å². The van der Waals surface area contributed by atoms with Crippen LogP contribution in [0, 0.1) is 5.82 Å². The Labute approximate surface area is 100 Å². The third-order valence-electron chi connectivity index (χ3n) is 3.62. The Kier molecular flexibility index (Phi) is 2.76. The molecule has 2 N–H and O–H groups in total. The monoisotopic (exact) mass is 236 g/mol. The molecule has 3 nitrogen and oxygen atoms in total. The third kappa shape index (κ3) is 2.15. The normalized spacial score (nSPS) is 28.5. The van der Waals surface area contributed by atoms with Crippen molar-refractivity contribution in [2.24, 2.45) is 0 Å². The van der Waals surface area contributed by atoms with E-state index in [4.69, 9.17) is 10.5 Å². The Morgan fingerprint density at radius 2 is 2.00 bits per heavy atom. The van der Waals surface area contributed by atoms with Crippen LogP contribution in [0.1, 0.15) is 18.4 Å². The molecule has 0 aromatic heterocycles. The molecule has 0 saturated carbocycles. The number of hydrogen-bond donors (Lipinski definition) is 1. The van der Waals surface area contributed by atoms with E-state index in [1.807, 2.05) is 12.1 Å². The van der Waals surface area contributed by atoms with Gasteiger partial charge in [0, 0.05) is 25.2 Å². The number of halogens is 1. The smallest absolute Gasteiger partial charge is 0.150 e. The standard InChI is InChI=1S/C13H17FN2O/c14-13-9(2-1-3-12(13)15)6-16-7-10-4-5-11(8-16)17-10/h1-3,10-11H,4-8,15H2. The second-order valence-corrected chi connectivity index (χ2v) is 4.97. The lowest BCUT2D eigenvalue weighted by molar-refractivity contribution is -0.0413. The SMILES string of the molecule is Nc1cccc(CN2CC3CCC(C2)O3)c1F. The van der Waals surface area contributed by atoms with Gasteiger partial charge in [0.05, 0.1) is 17.9 Å². The van der Waals surface area contributed by atoms with Gasteiger partial charge in [-0.1, -0.05) is 12.1 Å². The van der Waals surface area contributed by atoms with Gasteiger partial charge < -0.3 is 10.5 Å². The highest BCUT2D eigenvalue weighted by molar-refractivity contribution is 5.42. The molecule has 2 aliphatic rings. The van der Waals surface area contributed by atoms with Crippen LogP contribution in [0.15, 0.2) is 18.2 Å². The third-order valence-corrected chi connectivity index (χ3v) is 3.62. The van der Waals surface area contributed by atoms with Crippen LogP contribution in [0.2, 0.25) is 0 Å². The number of hydrogen-bond acceptors (Lipinski definition) is 3. The molecule has 2 atom stereocenters. The molecule has 0 amide bonds. The molecule has 2 aliphatic heterocycles. The highest BCUT2D eigenvalue weighted by Gasteiger charge is 2.33. The Bertz CT molecular complexity index is 412. The average molecular weight is 236 g/mol. The van der Waals surface area contributed by atoms with Crippen molar-refractivity contribution in [2.45, 2.75) is 31.6 Å². The van der Waals surface area contributed by atoms with Crippen molar-refractivity contribution in [3.63, 3.8) is 0 Å². The molecule has 17 heavy (non-hydrogen) atoms. The van der Waals surface area contributed by atoms with Gasteiger partial charge in [0.15, 0.2) is 5.82 Å². The molecule has 1 aromatic carbocycles. The molecule has 2 saturated heterocycles. The Balaban J connectivity index is 1.72. The maximum Gasteiger partial charge on any atom is 0.150 e. The van der Waals surface area contributed by atoms with Crippen LogP contribution in [-0.4, -0.2) is 30.2 Å². The molecule has 3 rings (SSSR count). The fraction of sp³-hybridized carbons (Fsp3) is 0.538. The highest BCUT2D eigenvalue weighted by Crippen LogP contribution is 2.27. The first-order chi connectivity index (χ1) is 8.22. The lowest BCUT2D eigenvalue weighted by Gasteiger charge is -2.32. The first kappa shape index (κ1) is 11.0. The second-order valence-electron chi connectivity index (χ2n) is 4.97. The summed E-state index contributed by atoms with van der Waals surface area (Å²) in [6, 6.07) is 5.22. The lowest BCUT2D eigenvalue weighted by Crippen LogP contribution is -2.42. The van der Waals surface area contributed by atoms with E-state index in [0.29, 0.717) is 24.3 Å². The number of morpholine rings is 1. The van der Waals surface area contributed by atoms with Gasteiger partial charge in [-0.25, -0.2) is 4.39 Å². The summed E-state index contributed by atoms with van der Waals surface area (Å²) in [4.78, 5) is 2.27. The summed E-state index contributed by atoms with van der Waals surface area (Å²) in [5.74, 6) is -0.272. The molecular formula is C13H17FN2O. The van der Waals surface area contributed by atoms with Crippen LogP contribution in [0.5, 0.6) is 0 Å². The molecule has 0 spiro atoms. The van der Waals surface area contributed by atoms with Crippen molar-refractivity contribution >= 4 is 5.69 Å². The van der Waals surface area contributed by atoms with Crippen molar-refractivity contribution < 1.29 is 9.13 Å². The summed E-state index contributed by atoms with van der Waals surface area (Å²) >= 11 is 0. The van der Waals surface area contributed by atoms with Crippen LogP contribution in [0.3, 0.4) is 0 Å². The van der Waals surface area contributed by atoms with E-state index in [2.05, 4.69) is 4.90 Å². The topological polar surface area (TPSA) is 38.5 Å². The molecule has 0 radical (unpaired) electrons. The minimum absolute atomic E-state index is 0.235. The van der Waals surface area contributed by atoms with E-state index >= 15 is 0 Å². The van der Waals surface area contributed by atoms with Gasteiger partial charge >= 0.3 is 0 Å². The number of nitrogen functional groups attached to an aromatic ring is 1. The number of nitrogens with two attached hydrogens (primary N) is 1. The summed E-state index contributed by atoms with van der Waals surface area (Å²) in [6.45, 7) is 2.45. The highest BCUT2D eigenvalue weighted by atomic mass is 19.1. The first-order valence-corrected chi connectivity index (χ1v) is 6.13. The summed E-state index contributed by atoms with van der Waals surface area (Å²) in [5, 5.41) is 0. The molecule has 2 fully saturated rings. The zero-order valence-corrected chi connectivity index (χ0v) is 9.73. The van der Waals surface area contributed by atoms with Crippen molar-refractivity contribution in [3.8, 4) is 0 Å². The summed E-state index contributed by atoms with van der Waals surface area (Å²) in [5.41, 5.74) is 6.50. The number of nitrogens with zero attached hydrogens (tertiary/aromatic N) is 1. The van der Waals surface area contributed by atoms with Crippen molar-refractivity contribution in [3.05, 3.63) is 29.6 Å². The second kappa shape index (κ2) is 4.27. The van der Waals surface area contributed by atoms with Gasteiger partial charge in [-0.3, -0.25) is 4.90 Å². The van der Waals surface area contributed by atoms with Gasteiger partial charge in [0.2, 0.25) is 0 Å². The fourth-order valence-corrected chi connectivity index (χ4v) is 2.79. The quantitative estimate of drug-likeness (QED) is 0.795. The number of anilines is 1. The van der Waals surface area contributed by atoms with Crippen LogP contribution >= 0.6 is 0 Å². The molecule has 2 bridgehead atoms. The lowest BCUT2D eigenvalue weighted by atomic mass is 10.1. The van der Waals surface area contributed by atoms with Crippen molar-refractivity contribution in [1.29, 1.82) is 0 Å². The van der Waals surface area contributed by atoms with E-state index in [1.165, 1.54) is 0 Å². The summed E-state index contributed by atoms with van der Waals surface area (Å²) < 4.78 is 19.5. The van der Waals surface area contributed by atoms with Crippen molar-refractivity contribution in [2.75, 3.05) is 18.8 Å². The molecule has 4 heteroatoms. The maximum atomic E-state index is 13.8. The van der Waals surface area contributed by atoms with Gasteiger partial charge in [-0.05, 0) is 18.9 Å². The zero-order valence-electron chi connectivity index (χ0n) is 9.73. The predicted octanol–water partition coefficient (Wildman–Crippen LogP) is 1.77. The number of fused-ring (bicyclic) bond motifs is 2. The number of ether oxygens (including phenoxy) is 1. The van der Waals surface area contributed by atoms with E-state index in [1.54, 1.807) is 6.07 Å². The minimum atomic E-state index is -0.272. The number of benzene rings is 1. The van der Waals surface area contributed by atoms with Gasteiger partial charge in [0.25, 0.3) is 0 Å². The molecule has 0 aliphatic carbocycles. The van der Waals surface area contributed by atoms with Gasteiger partial charge in [0.1, 0.15) is 0 Å². The minimum Gasteiger partial charge on any atom is -0.396 e. The van der Waals surface area contributed by atoms with E-state index in [-0.39, 0.29) is 11.5 Å². The number of rotatable bonds is 2. The maximum absolute atomic E-state index is 13.8. The average Bonchev–Trinajstić information content (AvgIpc) is 2.65. The molecule has 1 aromatic rings. The summed E-state index contributed by atoms with van der Waals surface area (Å²) in [7, 11) is 0. The first-order valence-electron chi connectivity index (χ1n) is 6.13. The van der Waals surface area contributed by atoms with Gasteiger partial charge in [-0.15, -0.1) is 0 Å². The zero-order chi connectivity index (χ0) is 11.8. The Morgan fingerprint density at radius 1 is 1.29 bits per heavy atom. The number of likely N-dealkylation sites (tertiary alicyclic amines) is 1. The van der Waals surface area contributed by atoms with Crippen molar-refractivity contribution in [1.82, 2.24) is 4.90 Å². The van der Waals surface area contributed by atoms with Crippen LogP contribution in [-0.2, 0) is 11.3 Å². The van der Waals surface area contributed by atoms with Crippen LogP contribution in [0.25, 0.3) is 0 Å². The Morgan fingerprint density at radius 3 is 2.71 bits per heavy atom. The molecule has 2 heterocycles. The van der Waals surface area contributed by atoms with Gasteiger partial charge in [-0.2, -0.15) is 0 Å². The summed E-state index contributed by atoms with van der Waals surface area (Å²) in [6.07, 6.45) is 2.97. The molecular weight excluding hydrogens is 219 g/mol.